The molecule has 168 valence electrons. The van der Waals surface area contributed by atoms with E-state index in [1.807, 2.05) is 0 Å². The van der Waals surface area contributed by atoms with Gasteiger partial charge in [-0.15, -0.1) is 0 Å². The molecule has 0 saturated heterocycles. The Labute approximate surface area is 210 Å². The molecule has 0 heteroatoms. The first-order valence-corrected chi connectivity index (χ1v) is 12.4. The van der Waals surface area contributed by atoms with E-state index in [1.165, 1.54) is 64.6 Å². The lowest BCUT2D eigenvalue weighted by atomic mass is 10.0. The van der Waals surface area contributed by atoms with Crippen molar-refractivity contribution in [2.45, 2.75) is 0 Å². The molecule has 0 radical (unpaired) electrons. The SMILES string of the molecule is c1cc2cc(c1)c1ccccc1c1ccc(cc1)c1cccc(c1)c1ccccc1c1ccc2cc1. The maximum atomic E-state index is 2.31. The molecule has 10 rings (SSSR count). The van der Waals surface area contributed by atoms with E-state index >= 15 is 0 Å². The van der Waals surface area contributed by atoms with Crippen molar-refractivity contribution in [3.63, 3.8) is 0 Å². The number of hydrogen-bond acceptors (Lipinski definition) is 0. The monoisotopic (exact) mass is 456 g/mol. The predicted molar refractivity (Wildman–Crippen MR) is 158 cm³/mol. The Morgan fingerprint density at radius 1 is 0.194 bits per heavy atom. The molecule has 0 N–H and O–H groups in total. The summed E-state index contributed by atoms with van der Waals surface area (Å²) in [6.45, 7) is 0. The van der Waals surface area contributed by atoms with Gasteiger partial charge in [0.15, 0.2) is 0 Å². The molecule has 0 amide bonds. The van der Waals surface area contributed by atoms with Crippen LogP contribution in [0.15, 0.2) is 146 Å². The van der Waals surface area contributed by atoms with Crippen molar-refractivity contribution in [1.82, 2.24) is 0 Å². The molecule has 36 heavy (non-hydrogen) atoms. The van der Waals surface area contributed by atoms with Crippen LogP contribution in [0.5, 0.6) is 0 Å². The largest absolute Gasteiger partial charge is 0.0616 e. The summed E-state index contributed by atoms with van der Waals surface area (Å²) in [6.07, 6.45) is 0. The summed E-state index contributed by atoms with van der Waals surface area (Å²) in [6, 6.07) is 53.2. The Morgan fingerprint density at radius 2 is 0.500 bits per heavy atom. The van der Waals surface area contributed by atoms with Crippen molar-refractivity contribution in [1.29, 1.82) is 0 Å². The molecule has 0 unspecified atom stereocenters. The van der Waals surface area contributed by atoms with Crippen molar-refractivity contribution in [2.24, 2.45) is 0 Å². The third-order valence-electron chi connectivity index (χ3n) is 7.26. The van der Waals surface area contributed by atoms with E-state index in [2.05, 4.69) is 146 Å². The van der Waals surface area contributed by atoms with Crippen molar-refractivity contribution in [3.05, 3.63) is 146 Å². The summed E-state index contributed by atoms with van der Waals surface area (Å²) >= 11 is 0. The lowest BCUT2D eigenvalue weighted by molar-refractivity contribution is 1.77. The second-order valence-electron chi connectivity index (χ2n) is 9.41. The van der Waals surface area contributed by atoms with E-state index in [9.17, 15) is 0 Å². The minimum Gasteiger partial charge on any atom is -0.0616 e. The van der Waals surface area contributed by atoms with Gasteiger partial charge in [0, 0.05) is 0 Å². The minimum absolute atomic E-state index is 1.23. The van der Waals surface area contributed by atoms with Crippen LogP contribution in [0.4, 0.5) is 0 Å². The van der Waals surface area contributed by atoms with E-state index in [1.54, 1.807) is 0 Å². The van der Waals surface area contributed by atoms with Gasteiger partial charge in [-0.25, -0.2) is 0 Å². The van der Waals surface area contributed by atoms with E-state index in [4.69, 9.17) is 0 Å². The molecule has 0 aliphatic rings. The highest BCUT2D eigenvalue weighted by Gasteiger charge is 2.01. The Kier molecular flexibility index (Phi) is 4.89. The predicted octanol–water partition coefficient (Wildman–Crippen LogP) is 10.3. The number of rotatable bonds is 0. The van der Waals surface area contributed by atoms with Crippen LogP contribution >= 0.6 is 0 Å². The van der Waals surface area contributed by atoms with E-state index < -0.39 is 0 Å². The summed E-state index contributed by atoms with van der Waals surface area (Å²) in [4.78, 5) is 0. The molecule has 0 aromatic heterocycles. The van der Waals surface area contributed by atoms with Crippen LogP contribution in [0.1, 0.15) is 0 Å². The Bertz CT molecular complexity index is 1850. The van der Waals surface area contributed by atoms with Crippen LogP contribution in [-0.4, -0.2) is 0 Å². The topological polar surface area (TPSA) is 0 Å². The molecule has 0 aliphatic heterocycles. The zero-order valence-corrected chi connectivity index (χ0v) is 19.9. The fraction of sp³-hybridized carbons (Fsp3) is 0. The van der Waals surface area contributed by atoms with Gasteiger partial charge < -0.3 is 0 Å². The fourth-order valence-corrected chi connectivity index (χ4v) is 5.39. The van der Waals surface area contributed by atoms with Crippen molar-refractivity contribution < 1.29 is 0 Å². The van der Waals surface area contributed by atoms with Crippen molar-refractivity contribution in [3.8, 4) is 0 Å². The molecule has 8 bridgehead atoms. The Hall–Kier alpha value is -4.68. The zero-order chi connectivity index (χ0) is 23.9. The van der Waals surface area contributed by atoms with Crippen molar-refractivity contribution >= 4 is 64.6 Å². The first kappa shape index (κ1) is 20.7. The fourth-order valence-electron chi connectivity index (χ4n) is 5.39. The van der Waals surface area contributed by atoms with Crippen LogP contribution < -0.4 is 0 Å². The molecule has 0 nitrogen and oxygen atoms in total. The Balaban J connectivity index is 1.72. The summed E-state index contributed by atoms with van der Waals surface area (Å²) in [5.41, 5.74) is 0. The Morgan fingerprint density at radius 3 is 0.889 bits per heavy atom. The van der Waals surface area contributed by atoms with Gasteiger partial charge in [0.05, 0.1) is 0 Å². The molecule has 0 saturated carbocycles. The summed E-state index contributed by atoms with van der Waals surface area (Å²) in [5.74, 6) is 0. The maximum Gasteiger partial charge on any atom is -0.0105 e. The van der Waals surface area contributed by atoms with Gasteiger partial charge in [-0.05, 0) is 76.8 Å². The van der Waals surface area contributed by atoms with Gasteiger partial charge in [-0.3, -0.25) is 0 Å². The second-order valence-corrected chi connectivity index (χ2v) is 9.41. The summed E-state index contributed by atoms with van der Waals surface area (Å²) < 4.78 is 0. The summed E-state index contributed by atoms with van der Waals surface area (Å²) in [5, 5.41) is 14.8. The molecule has 0 heterocycles. The zero-order valence-electron chi connectivity index (χ0n) is 19.9. The lowest BCUT2D eigenvalue weighted by Gasteiger charge is -2.04. The van der Waals surface area contributed by atoms with Gasteiger partial charge >= 0.3 is 0 Å². The van der Waals surface area contributed by atoms with Gasteiger partial charge in [0.2, 0.25) is 0 Å². The first-order valence-electron chi connectivity index (χ1n) is 12.4. The highest BCUT2D eigenvalue weighted by molar-refractivity contribution is 6.09. The smallest absolute Gasteiger partial charge is 0.0105 e. The average Bonchev–Trinajstić information content (AvgIpc) is 2.97. The third kappa shape index (κ3) is 3.56. The highest BCUT2D eigenvalue weighted by atomic mass is 14.0. The van der Waals surface area contributed by atoms with Crippen LogP contribution in [0, 0.1) is 0 Å². The minimum atomic E-state index is 1.23. The summed E-state index contributed by atoms with van der Waals surface area (Å²) in [7, 11) is 0. The van der Waals surface area contributed by atoms with Gasteiger partial charge in [-0.1, -0.05) is 133 Å². The molecule has 0 spiro atoms. The standard InChI is InChI=1S/C36H24/c1-3-13-35-31-9-5-7-29(23-31)26-17-21-28(22-18-26)34-12-2-4-14-36(34)32-10-6-8-30(24-32)25-15-19-27(20-16-25)33(35)11-1/h1-24H. The van der Waals surface area contributed by atoms with Crippen LogP contribution in [0.3, 0.4) is 0 Å². The van der Waals surface area contributed by atoms with Crippen LogP contribution in [0.2, 0.25) is 0 Å². The van der Waals surface area contributed by atoms with Gasteiger partial charge in [0.1, 0.15) is 0 Å². The first-order chi connectivity index (χ1) is 17.8. The average molecular weight is 457 g/mol. The van der Waals surface area contributed by atoms with Crippen LogP contribution in [0.25, 0.3) is 64.6 Å². The molecule has 10 aromatic carbocycles. The van der Waals surface area contributed by atoms with E-state index in [-0.39, 0.29) is 0 Å². The highest BCUT2D eigenvalue weighted by Crippen LogP contribution is 2.28. The van der Waals surface area contributed by atoms with Gasteiger partial charge in [-0.2, -0.15) is 0 Å². The van der Waals surface area contributed by atoms with Crippen molar-refractivity contribution in [2.75, 3.05) is 0 Å². The molecule has 0 fully saturated rings. The molecular weight excluding hydrogens is 432 g/mol. The number of hydrogen-bond donors (Lipinski definition) is 0. The number of benzene rings is 6. The molecule has 0 atom stereocenters. The van der Waals surface area contributed by atoms with Crippen LogP contribution in [-0.2, 0) is 0 Å². The maximum absolute atomic E-state index is 2.31. The van der Waals surface area contributed by atoms with E-state index in [0.717, 1.165) is 0 Å². The second kappa shape index (κ2) is 8.52. The molecular formula is C36H24. The molecule has 10 aromatic rings. The lowest BCUT2D eigenvalue weighted by Crippen LogP contribution is -1.77. The molecule has 0 aliphatic carbocycles. The van der Waals surface area contributed by atoms with E-state index in [0.29, 0.717) is 0 Å². The normalized spacial score (nSPS) is 11.3. The quantitative estimate of drug-likeness (QED) is 0.213. The van der Waals surface area contributed by atoms with Gasteiger partial charge in [0.25, 0.3) is 0 Å². The third-order valence-corrected chi connectivity index (χ3v) is 7.26.